The number of nitrogens with zero attached hydrogens (tertiary/aromatic N) is 1. The molecule has 1 aliphatic rings. The summed E-state index contributed by atoms with van der Waals surface area (Å²) in [6, 6.07) is 2.06. The van der Waals surface area contributed by atoms with Crippen molar-refractivity contribution in [1.29, 1.82) is 0 Å². The summed E-state index contributed by atoms with van der Waals surface area (Å²) in [4.78, 5) is 13.9. The van der Waals surface area contributed by atoms with Crippen LogP contribution in [0.15, 0.2) is 21.4 Å². The minimum atomic E-state index is 0.0307. The molecule has 1 unspecified atom stereocenters. The second-order valence-electron chi connectivity index (χ2n) is 3.54. The SMILES string of the molecule is CN(C(=O)c1ccoc1Br)C1CCSC1. The summed E-state index contributed by atoms with van der Waals surface area (Å²) >= 11 is 5.12. The zero-order chi connectivity index (χ0) is 10.8. The lowest BCUT2D eigenvalue weighted by atomic mass is 10.2. The number of thioether (sulfide) groups is 1. The highest BCUT2D eigenvalue weighted by molar-refractivity contribution is 9.10. The van der Waals surface area contributed by atoms with Gasteiger partial charge in [-0.15, -0.1) is 0 Å². The summed E-state index contributed by atoms with van der Waals surface area (Å²) < 4.78 is 5.58. The first-order chi connectivity index (χ1) is 7.20. The van der Waals surface area contributed by atoms with E-state index in [1.807, 2.05) is 23.7 Å². The summed E-state index contributed by atoms with van der Waals surface area (Å²) in [5, 5.41) is 0. The summed E-state index contributed by atoms with van der Waals surface area (Å²) in [5.41, 5.74) is 0.606. The van der Waals surface area contributed by atoms with Crippen LogP contribution in [0.5, 0.6) is 0 Å². The van der Waals surface area contributed by atoms with E-state index < -0.39 is 0 Å². The maximum Gasteiger partial charge on any atom is 0.258 e. The van der Waals surface area contributed by atoms with Crippen LogP contribution in [0.2, 0.25) is 0 Å². The summed E-state index contributed by atoms with van der Waals surface area (Å²) in [5.74, 6) is 2.22. The Morgan fingerprint density at radius 3 is 3.07 bits per heavy atom. The van der Waals surface area contributed by atoms with Gasteiger partial charge in [0.1, 0.15) is 0 Å². The van der Waals surface area contributed by atoms with Crippen LogP contribution in [0.3, 0.4) is 0 Å². The van der Waals surface area contributed by atoms with E-state index in [4.69, 9.17) is 4.42 Å². The largest absolute Gasteiger partial charge is 0.457 e. The Hall–Kier alpha value is -0.420. The van der Waals surface area contributed by atoms with Crippen molar-refractivity contribution >= 4 is 33.6 Å². The van der Waals surface area contributed by atoms with Gasteiger partial charge < -0.3 is 9.32 Å². The Balaban J connectivity index is 2.10. The van der Waals surface area contributed by atoms with E-state index >= 15 is 0 Å². The molecule has 0 radical (unpaired) electrons. The fourth-order valence-corrected chi connectivity index (χ4v) is 3.31. The highest BCUT2D eigenvalue weighted by atomic mass is 79.9. The Morgan fingerprint density at radius 2 is 2.53 bits per heavy atom. The van der Waals surface area contributed by atoms with E-state index in [1.165, 1.54) is 6.26 Å². The predicted molar refractivity (Wildman–Crippen MR) is 64.2 cm³/mol. The zero-order valence-electron chi connectivity index (χ0n) is 8.40. The van der Waals surface area contributed by atoms with Gasteiger partial charge >= 0.3 is 0 Å². The van der Waals surface area contributed by atoms with Crippen molar-refractivity contribution in [2.45, 2.75) is 12.5 Å². The molecule has 1 fully saturated rings. The molecule has 1 atom stereocenters. The third-order valence-electron chi connectivity index (χ3n) is 2.62. The number of furan rings is 1. The molecule has 1 amide bonds. The molecule has 5 heteroatoms. The molecule has 0 aromatic carbocycles. The molecule has 0 N–H and O–H groups in total. The van der Waals surface area contributed by atoms with Crippen LogP contribution < -0.4 is 0 Å². The van der Waals surface area contributed by atoms with E-state index in [0.717, 1.165) is 17.9 Å². The van der Waals surface area contributed by atoms with Crippen molar-refractivity contribution in [3.05, 3.63) is 22.6 Å². The smallest absolute Gasteiger partial charge is 0.258 e. The summed E-state index contributed by atoms with van der Waals surface area (Å²) in [6.45, 7) is 0. The van der Waals surface area contributed by atoms with Crippen LogP contribution in [0, 0.1) is 0 Å². The number of carbonyl (C=O) groups is 1. The molecule has 2 rings (SSSR count). The lowest BCUT2D eigenvalue weighted by Crippen LogP contribution is -2.36. The standard InChI is InChI=1S/C10H12BrNO2S/c1-12(7-3-5-15-6-7)10(13)8-2-4-14-9(8)11/h2,4,7H,3,5-6H2,1H3. The molecule has 0 aliphatic carbocycles. The van der Waals surface area contributed by atoms with Crippen LogP contribution >= 0.6 is 27.7 Å². The predicted octanol–water partition coefficient (Wildman–Crippen LogP) is 2.62. The highest BCUT2D eigenvalue weighted by Gasteiger charge is 2.26. The third-order valence-corrected chi connectivity index (χ3v) is 4.38. The van der Waals surface area contributed by atoms with Crippen LogP contribution in [-0.2, 0) is 0 Å². The molecule has 1 aromatic heterocycles. The number of hydrogen-bond acceptors (Lipinski definition) is 3. The Morgan fingerprint density at radius 1 is 1.73 bits per heavy atom. The zero-order valence-corrected chi connectivity index (χ0v) is 10.8. The van der Waals surface area contributed by atoms with Gasteiger partial charge in [0, 0.05) is 18.8 Å². The van der Waals surface area contributed by atoms with Crippen molar-refractivity contribution in [3.63, 3.8) is 0 Å². The first-order valence-corrected chi connectivity index (χ1v) is 6.73. The van der Waals surface area contributed by atoms with Crippen molar-refractivity contribution < 1.29 is 9.21 Å². The second-order valence-corrected chi connectivity index (χ2v) is 5.41. The maximum absolute atomic E-state index is 12.0. The van der Waals surface area contributed by atoms with Gasteiger partial charge in [-0.3, -0.25) is 4.79 Å². The van der Waals surface area contributed by atoms with E-state index in [-0.39, 0.29) is 5.91 Å². The van der Waals surface area contributed by atoms with Gasteiger partial charge in [0.05, 0.1) is 11.8 Å². The molecule has 82 valence electrons. The topological polar surface area (TPSA) is 33.5 Å². The van der Waals surface area contributed by atoms with Crippen molar-refractivity contribution in [1.82, 2.24) is 4.90 Å². The second kappa shape index (κ2) is 4.61. The molecular formula is C10H12BrNO2S. The lowest BCUT2D eigenvalue weighted by Gasteiger charge is -2.23. The molecular weight excluding hydrogens is 278 g/mol. The molecule has 0 spiro atoms. The fraction of sp³-hybridized carbons (Fsp3) is 0.500. The fourth-order valence-electron chi connectivity index (χ4n) is 1.63. The number of halogens is 1. The summed E-state index contributed by atoms with van der Waals surface area (Å²) in [7, 11) is 1.86. The van der Waals surface area contributed by atoms with Crippen molar-refractivity contribution in [3.8, 4) is 0 Å². The molecule has 1 saturated heterocycles. The van der Waals surface area contributed by atoms with Gasteiger partial charge in [-0.25, -0.2) is 0 Å². The van der Waals surface area contributed by atoms with Gasteiger partial charge in [-0.2, -0.15) is 11.8 Å². The minimum Gasteiger partial charge on any atom is -0.457 e. The first kappa shape index (κ1) is 11.1. The van der Waals surface area contributed by atoms with Gasteiger partial charge in [-0.05, 0) is 34.2 Å². The van der Waals surface area contributed by atoms with Crippen LogP contribution in [0.4, 0.5) is 0 Å². The van der Waals surface area contributed by atoms with E-state index in [2.05, 4.69) is 15.9 Å². The minimum absolute atomic E-state index is 0.0307. The lowest BCUT2D eigenvalue weighted by molar-refractivity contribution is 0.0746. The number of hydrogen-bond donors (Lipinski definition) is 0. The molecule has 1 aliphatic heterocycles. The monoisotopic (exact) mass is 289 g/mol. The maximum atomic E-state index is 12.0. The quantitative estimate of drug-likeness (QED) is 0.839. The van der Waals surface area contributed by atoms with E-state index in [1.54, 1.807) is 6.07 Å². The molecule has 1 aromatic rings. The first-order valence-electron chi connectivity index (χ1n) is 4.78. The highest BCUT2D eigenvalue weighted by Crippen LogP contribution is 2.25. The molecule has 2 heterocycles. The number of rotatable bonds is 2. The Labute approximate surface area is 101 Å². The summed E-state index contributed by atoms with van der Waals surface area (Å²) in [6.07, 6.45) is 2.61. The Kier molecular flexibility index (Phi) is 3.41. The van der Waals surface area contributed by atoms with Crippen LogP contribution in [0.1, 0.15) is 16.8 Å². The Bertz CT molecular complexity index is 360. The van der Waals surface area contributed by atoms with E-state index in [0.29, 0.717) is 16.3 Å². The molecule has 3 nitrogen and oxygen atoms in total. The number of carbonyl (C=O) groups excluding carboxylic acids is 1. The number of amides is 1. The van der Waals surface area contributed by atoms with E-state index in [9.17, 15) is 4.79 Å². The van der Waals surface area contributed by atoms with Gasteiger partial charge in [-0.1, -0.05) is 0 Å². The van der Waals surface area contributed by atoms with Crippen LogP contribution in [0.25, 0.3) is 0 Å². The van der Waals surface area contributed by atoms with Gasteiger partial charge in [0.2, 0.25) is 0 Å². The van der Waals surface area contributed by atoms with Gasteiger partial charge in [0.15, 0.2) is 4.67 Å². The third kappa shape index (κ3) is 2.23. The van der Waals surface area contributed by atoms with Crippen molar-refractivity contribution in [2.75, 3.05) is 18.6 Å². The van der Waals surface area contributed by atoms with Crippen molar-refractivity contribution in [2.24, 2.45) is 0 Å². The molecule has 0 bridgehead atoms. The normalized spacial score (nSPS) is 20.5. The molecule has 0 saturated carbocycles. The van der Waals surface area contributed by atoms with Gasteiger partial charge in [0.25, 0.3) is 5.91 Å². The average molecular weight is 290 g/mol. The molecule has 15 heavy (non-hydrogen) atoms. The van der Waals surface area contributed by atoms with Crippen LogP contribution in [-0.4, -0.2) is 35.4 Å². The average Bonchev–Trinajstić information content (AvgIpc) is 2.85.